The molecular weight excluding hydrogens is 800 g/mol. The number of carboxylic acid groups (broad SMARTS) is 1. The summed E-state index contributed by atoms with van der Waals surface area (Å²) < 4.78 is 72.9. The quantitative estimate of drug-likeness (QED) is 0.0821. The van der Waals surface area contributed by atoms with Crippen LogP contribution in [-0.4, -0.2) is 98.7 Å². The van der Waals surface area contributed by atoms with Crippen LogP contribution in [0.3, 0.4) is 0 Å². The fraction of sp³-hybridized carbons (Fsp3) is 0.375. The Bertz CT molecular complexity index is 2080. The highest BCUT2D eigenvalue weighted by atomic mass is 32.2. The van der Waals surface area contributed by atoms with Crippen molar-refractivity contribution in [1.29, 1.82) is 5.26 Å². The highest BCUT2D eigenvalue weighted by molar-refractivity contribution is 8.00. The molecule has 2 atom stereocenters. The number of carbonyl (C=O) groups excluding carboxylic acids is 3. The number of aliphatic carboxylic acids is 1. The Kier molecular flexibility index (Phi) is 15.8. The first-order valence-electron chi connectivity index (χ1n) is 18.3. The van der Waals surface area contributed by atoms with E-state index in [-0.39, 0.29) is 54.0 Å². The van der Waals surface area contributed by atoms with E-state index in [2.05, 4.69) is 10.1 Å². The van der Waals surface area contributed by atoms with Crippen LogP contribution in [0.1, 0.15) is 42.9 Å². The molecule has 59 heavy (non-hydrogen) atoms. The van der Waals surface area contributed by atoms with Crippen molar-refractivity contribution in [3.05, 3.63) is 114 Å². The van der Waals surface area contributed by atoms with E-state index in [1.807, 2.05) is 6.07 Å². The number of hydrogen-bond donors (Lipinski definition) is 1. The fourth-order valence-corrected chi connectivity index (χ4v) is 7.70. The molecule has 1 N–H and O–H groups in total. The number of nitrogens with zero attached hydrogens (tertiary/aromatic N) is 5. The summed E-state index contributed by atoms with van der Waals surface area (Å²) in [6, 6.07) is 8.77. The predicted molar refractivity (Wildman–Crippen MR) is 203 cm³/mol. The number of piperidine rings is 1. The van der Waals surface area contributed by atoms with Gasteiger partial charge in [0.2, 0.25) is 12.7 Å². The van der Waals surface area contributed by atoms with E-state index in [1.54, 1.807) is 25.2 Å². The first-order chi connectivity index (χ1) is 28.3. The van der Waals surface area contributed by atoms with Gasteiger partial charge in [0.15, 0.2) is 11.9 Å². The number of carbonyl (C=O) groups is 4. The first kappa shape index (κ1) is 44.1. The minimum atomic E-state index is -1.94. The second-order valence-corrected chi connectivity index (χ2v) is 15.1. The largest absolute Gasteiger partial charge is 0.512 e. The third-order valence-electron chi connectivity index (χ3n) is 9.38. The number of allylic oxidation sites excluding steroid dienone is 2. The van der Waals surface area contributed by atoms with Crippen LogP contribution in [0, 0.1) is 34.7 Å². The van der Waals surface area contributed by atoms with Gasteiger partial charge in [-0.2, -0.15) is 10.4 Å². The van der Waals surface area contributed by atoms with Gasteiger partial charge in [0.05, 0.1) is 36.6 Å². The molecule has 2 fully saturated rings. The zero-order valence-electron chi connectivity index (χ0n) is 31.7. The lowest BCUT2D eigenvalue weighted by Gasteiger charge is -2.40. The van der Waals surface area contributed by atoms with Crippen molar-refractivity contribution < 1.29 is 61.1 Å². The summed E-state index contributed by atoms with van der Waals surface area (Å²) in [5.41, 5.74) is -1.67. The number of thioether (sulfide) groups is 1. The lowest BCUT2D eigenvalue weighted by molar-refractivity contribution is -0.150. The van der Waals surface area contributed by atoms with Gasteiger partial charge in [-0.15, -0.1) is 11.8 Å². The van der Waals surface area contributed by atoms with Crippen molar-refractivity contribution >= 4 is 41.8 Å². The molecule has 5 rings (SSSR count). The van der Waals surface area contributed by atoms with E-state index in [4.69, 9.17) is 34.1 Å². The van der Waals surface area contributed by atoms with Crippen LogP contribution in [0.4, 0.5) is 18.0 Å². The van der Waals surface area contributed by atoms with Crippen molar-refractivity contribution in [2.75, 3.05) is 33.1 Å². The second kappa shape index (κ2) is 21.2. The van der Waals surface area contributed by atoms with Gasteiger partial charge in [-0.1, -0.05) is 24.3 Å². The highest BCUT2D eigenvalue weighted by Crippen LogP contribution is 2.42. The molecule has 15 nitrogen and oxygen atoms in total. The molecule has 0 spiro atoms. The minimum Gasteiger partial charge on any atom is -0.481 e. The van der Waals surface area contributed by atoms with Crippen LogP contribution in [0.2, 0.25) is 0 Å². The molecule has 0 aliphatic carbocycles. The maximum atomic E-state index is 15.7. The number of halogens is 3. The molecule has 0 radical (unpaired) electrons. The number of carboxylic acids is 1. The molecule has 19 heteroatoms. The summed E-state index contributed by atoms with van der Waals surface area (Å²) in [5, 5.41) is 20.8. The monoisotopic (exact) mass is 839 g/mol. The summed E-state index contributed by atoms with van der Waals surface area (Å²) in [6.07, 6.45) is 9.61. The van der Waals surface area contributed by atoms with Crippen molar-refractivity contribution in [2.24, 2.45) is 5.92 Å². The van der Waals surface area contributed by atoms with Crippen LogP contribution < -0.4 is 0 Å². The summed E-state index contributed by atoms with van der Waals surface area (Å²) in [6.45, 7) is 1.33. The zero-order valence-corrected chi connectivity index (χ0v) is 32.5. The fourth-order valence-electron chi connectivity index (χ4n) is 6.34. The molecule has 2 aliphatic rings. The van der Waals surface area contributed by atoms with Crippen LogP contribution in [0.5, 0.6) is 0 Å². The van der Waals surface area contributed by atoms with Crippen LogP contribution in [0.15, 0.2) is 79.4 Å². The lowest BCUT2D eigenvalue weighted by atomic mass is 9.89. The zero-order chi connectivity index (χ0) is 42.4. The second-order valence-electron chi connectivity index (χ2n) is 13.4. The Labute approximate surface area is 341 Å². The number of esters is 1. The number of hydrogen-bond acceptors (Lipinski definition) is 13. The molecule has 312 valence electrons. The van der Waals surface area contributed by atoms with Crippen molar-refractivity contribution in [1.82, 2.24) is 19.7 Å². The predicted octanol–water partition coefficient (Wildman–Crippen LogP) is 5.52. The molecule has 3 heterocycles. The van der Waals surface area contributed by atoms with Crippen molar-refractivity contribution in [2.45, 2.75) is 55.1 Å². The van der Waals surface area contributed by atoms with E-state index in [9.17, 15) is 28.0 Å². The average molecular weight is 840 g/mol. The first-order valence-corrected chi connectivity index (χ1v) is 19.2. The van der Waals surface area contributed by atoms with Gasteiger partial charge in [0, 0.05) is 54.1 Å². The summed E-state index contributed by atoms with van der Waals surface area (Å²) in [7, 11) is 0. The number of rotatable bonds is 16. The number of amides is 1. The number of likely N-dealkylation sites (tertiary alicyclic amines) is 1. The number of aromatic nitrogens is 3. The lowest BCUT2D eigenvalue weighted by Crippen LogP contribution is -2.47. The van der Waals surface area contributed by atoms with Gasteiger partial charge in [0.25, 0.3) is 0 Å². The normalized spacial score (nSPS) is 19.0. The van der Waals surface area contributed by atoms with Crippen molar-refractivity contribution in [3.63, 3.8) is 0 Å². The Morgan fingerprint density at radius 3 is 2.47 bits per heavy atom. The Hall–Kier alpha value is -5.97. The average Bonchev–Trinajstić information content (AvgIpc) is 3.72. The Balaban J connectivity index is 1.21. The molecule has 3 aromatic rings. The van der Waals surface area contributed by atoms with Crippen LogP contribution >= 0.6 is 11.8 Å². The number of nitriles is 1. The Morgan fingerprint density at radius 1 is 1.05 bits per heavy atom. The molecule has 0 saturated carbocycles. The third kappa shape index (κ3) is 12.8. The van der Waals surface area contributed by atoms with E-state index in [1.165, 1.54) is 52.2 Å². The summed E-state index contributed by atoms with van der Waals surface area (Å²) >= 11 is 1.22. The van der Waals surface area contributed by atoms with Gasteiger partial charge in [-0.05, 0) is 56.0 Å². The van der Waals surface area contributed by atoms with E-state index in [0.717, 1.165) is 30.4 Å². The number of benzene rings is 2. The SMILES string of the molecule is CC(SC1COC(C=CC=Cc2ccc(C#N)cc2F)OC1)C(Cn1cncn1)(OC(=O)OCOC(=O)C=CC(=O)N1CCC(CC(=O)O)CC1)c1ccc(F)cc1F. The molecule has 2 aliphatic heterocycles. The standard InChI is InChI=1S/C40H40F3N5O10S/c1-26(59-31-20-54-38(55-21-31)5-3-2-4-29-7-6-28(19-44)16-33(29)42)40(22-48-24-45-23-46-48,32-9-8-30(41)18-34(32)43)58-39(53)57-25-56-37(52)11-10-35(49)47-14-12-27(13-15-47)17-36(50)51/h2-11,16,18,23-24,26-27,31,38H,12-15,17,20-22,25H2,1H3,(H,50,51). The smallest absolute Gasteiger partial charge is 0.481 e. The maximum absolute atomic E-state index is 15.7. The molecular formula is C40H40F3N5O10S. The molecule has 1 amide bonds. The number of ether oxygens (including phenoxy) is 5. The highest BCUT2D eigenvalue weighted by Gasteiger charge is 2.47. The van der Waals surface area contributed by atoms with Crippen LogP contribution in [-0.2, 0) is 50.2 Å². The Morgan fingerprint density at radius 2 is 1.81 bits per heavy atom. The van der Waals surface area contributed by atoms with Gasteiger partial charge in [0.1, 0.15) is 30.1 Å². The van der Waals surface area contributed by atoms with Gasteiger partial charge >= 0.3 is 18.1 Å². The molecule has 2 aromatic carbocycles. The third-order valence-corrected chi connectivity index (χ3v) is 10.8. The van der Waals surface area contributed by atoms with E-state index in [0.29, 0.717) is 32.0 Å². The summed E-state index contributed by atoms with van der Waals surface area (Å²) in [5.74, 6) is -4.90. The topological polar surface area (TPSA) is 192 Å². The van der Waals surface area contributed by atoms with Crippen LogP contribution in [0.25, 0.3) is 6.08 Å². The molecule has 2 saturated heterocycles. The van der Waals surface area contributed by atoms with Crippen molar-refractivity contribution in [3.8, 4) is 6.07 Å². The van der Waals surface area contributed by atoms with Gasteiger partial charge in [-0.25, -0.2) is 32.4 Å². The molecule has 2 unspecified atom stereocenters. The molecule has 1 aromatic heterocycles. The van der Waals surface area contributed by atoms with E-state index >= 15 is 4.39 Å². The minimum absolute atomic E-state index is 0.0169. The molecule has 0 bridgehead atoms. The summed E-state index contributed by atoms with van der Waals surface area (Å²) in [4.78, 5) is 54.5. The van der Waals surface area contributed by atoms with E-state index < -0.39 is 65.4 Å². The maximum Gasteiger partial charge on any atom is 0.512 e. The van der Waals surface area contributed by atoms with Gasteiger partial charge in [-0.3, -0.25) is 9.59 Å². The van der Waals surface area contributed by atoms with Gasteiger partial charge < -0.3 is 33.7 Å².